The number of halogens is 13. The lowest BCUT2D eigenvalue weighted by molar-refractivity contribution is -0.111. The van der Waals surface area contributed by atoms with Crippen LogP contribution in [0.3, 0.4) is 0 Å². The molecule has 19 rings (SSSR count). The van der Waals surface area contributed by atoms with E-state index in [1.165, 1.54) is 78.4 Å². The third-order valence-electron chi connectivity index (χ3n) is 22.7. The van der Waals surface area contributed by atoms with Crippen LogP contribution < -0.4 is 5.32 Å². The number of aryl methyl sites for hydroxylation is 6. The molecule has 0 fully saturated rings. The van der Waals surface area contributed by atoms with Gasteiger partial charge in [-0.05, 0) is 320 Å². The molecule has 4 aliphatic carbocycles. The number of rotatable bonds is 11. The van der Waals surface area contributed by atoms with Gasteiger partial charge in [0.1, 0.15) is 5.82 Å². The number of anilines is 1. The molecule has 3 aromatic heterocycles. The van der Waals surface area contributed by atoms with E-state index in [2.05, 4.69) is 151 Å². The molecule has 0 radical (unpaired) electrons. The molecule has 7 nitrogen and oxygen atoms in total. The number of allylic oxidation sites excluding steroid dienone is 6. The molecule has 646 valence electrons. The molecule has 3 N–H and O–H groups in total. The third kappa shape index (κ3) is 21.9. The van der Waals surface area contributed by atoms with Gasteiger partial charge in [0.05, 0.1) is 47.2 Å². The molecular weight excluding hydrogens is 1880 g/mol. The summed E-state index contributed by atoms with van der Waals surface area (Å²) in [5.41, 5.74) is 31.8. The number of benzene rings is 12. The van der Waals surface area contributed by atoms with E-state index in [0.717, 1.165) is 150 Å². The zero-order valence-corrected chi connectivity index (χ0v) is 80.4. The average Bonchev–Trinajstić information content (AvgIpc) is 1.57. The van der Waals surface area contributed by atoms with Gasteiger partial charge in [-0.1, -0.05) is 297 Å². The van der Waals surface area contributed by atoms with Crippen molar-refractivity contribution in [1.82, 2.24) is 19.4 Å². The summed E-state index contributed by atoms with van der Waals surface area (Å²) >= 11 is 71.1. The molecule has 3 heterocycles. The van der Waals surface area contributed by atoms with E-state index in [4.69, 9.17) is 128 Å². The maximum absolute atomic E-state index is 13.2. The van der Waals surface area contributed by atoms with Crippen LogP contribution in [0, 0.1) is 47.4 Å². The first-order valence-electron chi connectivity index (χ1n) is 40.6. The van der Waals surface area contributed by atoms with Crippen molar-refractivity contribution < 1.29 is 14.0 Å². The first kappa shape index (κ1) is 95.2. The van der Waals surface area contributed by atoms with E-state index in [0.29, 0.717) is 46.7 Å². The Hall–Kier alpha value is -9.34. The van der Waals surface area contributed by atoms with Crippen LogP contribution in [0.15, 0.2) is 260 Å². The summed E-state index contributed by atoms with van der Waals surface area (Å²) in [5, 5.41) is 13.1. The van der Waals surface area contributed by atoms with Crippen molar-refractivity contribution in [1.29, 1.82) is 0 Å². The van der Waals surface area contributed by atoms with Crippen molar-refractivity contribution in [3.05, 3.63) is 426 Å². The minimum Gasteiger partial charge on any atom is -0.361 e. The molecule has 1 amide bonds. The number of hydrogen-bond acceptors (Lipinski definition) is 3. The fourth-order valence-electron chi connectivity index (χ4n) is 16.1. The van der Waals surface area contributed by atoms with E-state index < -0.39 is 0 Å². The topological polar surface area (TPSA) is 85.9 Å². The predicted molar refractivity (Wildman–Crippen MR) is 547 cm³/mol. The summed E-state index contributed by atoms with van der Waals surface area (Å²) in [5.74, 6) is -0.281. The zero-order valence-electron chi connectivity index (χ0n) is 70.5. The van der Waals surface area contributed by atoms with Crippen LogP contribution in [0.25, 0.3) is 72.2 Å². The van der Waals surface area contributed by atoms with Gasteiger partial charge in [-0.2, -0.15) is 0 Å². The number of likely N-dealkylation sites (N-methyl/N-ethyl adjacent to an activating group) is 1. The largest absolute Gasteiger partial charge is 0.361 e. The Kier molecular flexibility index (Phi) is 30.9. The summed E-state index contributed by atoms with van der Waals surface area (Å²) in [6, 6.07) is 66.7. The zero-order chi connectivity index (χ0) is 89.9. The lowest BCUT2D eigenvalue weighted by Gasteiger charge is -2.24. The SMILES string of the molecule is C.CN(C)CC(=O)n1cc(-c2ccc(Cl)c(Cl)c2)c2cc(Cl)ccc21.Cc1cc(NC(=O)C2=CCc3ccc(Br)cc32)ccc1Cl.Cc1cc2[nH]cc(C(C)(C)c3c[nH]c4cc(Cl)c(Cl)cc34)c2cc1Cl.Cc1ccc2c(c1)CC=C2c1ccc(Cl)c(C)c1.Cc1cccc(/C=C/C2=CCc3cc(F)ccc32)c1Cl.Cc1cccc(C2=CCc3cc(Cl)c(Cl)cc32)c1. The van der Waals surface area contributed by atoms with Crippen LogP contribution >= 0.6 is 144 Å². The molecule has 0 saturated heterocycles. The first-order valence-corrected chi connectivity index (χ1v) is 45.6. The highest BCUT2D eigenvalue weighted by Crippen LogP contribution is 2.45. The molecule has 4 aliphatic rings. The highest BCUT2D eigenvalue weighted by Gasteiger charge is 2.31. The number of carbonyl (C=O) groups excluding carboxylic acids is 2. The minimum atomic E-state index is -0.244. The number of aromatic nitrogens is 3. The minimum absolute atomic E-state index is 0. The summed E-state index contributed by atoms with van der Waals surface area (Å²) in [6.45, 7) is 16.9. The van der Waals surface area contributed by atoms with Gasteiger partial charge in [0.2, 0.25) is 5.91 Å². The molecule has 20 heteroatoms. The lowest BCUT2D eigenvalue weighted by atomic mass is 9.78. The van der Waals surface area contributed by atoms with Crippen LogP contribution in [-0.2, 0) is 35.9 Å². The van der Waals surface area contributed by atoms with Crippen LogP contribution in [0.1, 0.15) is 132 Å². The van der Waals surface area contributed by atoms with Crippen LogP contribution in [0.4, 0.5) is 10.1 Å². The Morgan fingerprint density at radius 1 is 0.465 bits per heavy atom. The average molecular weight is 1970 g/mol. The summed E-state index contributed by atoms with van der Waals surface area (Å²) in [7, 11) is 3.72. The van der Waals surface area contributed by atoms with Gasteiger partial charge >= 0.3 is 0 Å². The van der Waals surface area contributed by atoms with Crippen molar-refractivity contribution in [2.24, 2.45) is 0 Å². The molecule has 0 spiro atoms. The summed E-state index contributed by atoms with van der Waals surface area (Å²) in [4.78, 5) is 33.5. The van der Waals surface area contributed by atoms with E-state index in [9.17, 15) is 14.0 Å². The lowest BCUT2D eigenvalue weighted by Crippen LogP contribution is -2.25. The number of nitrogens with one attached hydrogen (secondary N) is 3. The molecule has 0 saturated carbocycles. The van der Waals surface area contributed by atoms with E-state index in [1.54, 1.807) is 34.9 Å². The number of aromatic amines is 2. The van der Waals surface area contributed by atoms with E-state index in [1.807, 2.05) is 180 Å². The Balaban J connectivity index is 0.000000131. The summed E-state index contributed by atoms with van der Waals surface area (Å²) < 4.78 is 15.8. The first-order chi connectivity index (χ1) is 60.1. The van der Waals surface area contributed by atoms with Crippen molar-refractivity contribution in [3.63, 3.8) is 0 Å². The van der Waals surface area contributed by atoms with Crippen LogP contribution in [0.2, 0.25) is 55.2 Å². The molecule has 0 atom stereocenters. The van der Waals surface area contributed by atoms with Crippen molar-refractivity contribution in [2.75, 3.05) is 26.0 Å². The normalized spacial score (nSPS) is 12.7. The van der Waals surface area contributed by atoms with E-state index in [-0.39, 0.29) is 30.5 Å². The predicted octanol–water partition coefficient (Wildman–Crippen LogP) is 34.0. The molecule has 127 heavy (non-hydrogen) atoms. The highest BCUT2D eigenvalue weighted by molar-refractivity contribution is 9.10. The van der Waals surface area contributed by atoms with Gasteiger partial charge < -0.3 is 20.2 Å². The Labute approximate surface area is 805 Å². The molecule has 0 bridgehead atoms. The summed E-state index contributed by atoms with van der Waals surface area (Å²) in [6.07, 6.45) is 22.2. The second-order valence-electron chi connectivity index (χ2n) is 32.4. The van der Waals surface area contributed by atoms with Crippen molar-refractivity contribution in [2.45, 2.75) is 93.9 Å². The monoisotopic (exact) mass is 1960 g/mol. The van der Waals surface area contributed by atoms with Gasteiger partial charge in [-0.15, -0.1) is 0 Å². The Bertz CT molecular complexity index is 6890. The quantitative estimate of drug-likeness (QED) is 0.121. The fourth-order valence-corrected chi connectivity index (χ4v) is 18.2. The maximum atomic E-state index is 13.2. The smallest absolute Gasteiger partial charge is 0.255 e. The number of fused-ring (bicyclic) bond motifs is 7. The fraction of sp³-hybridized carbons (Fsp3) is 0.159. The molecule has 0 aliphatic heterocycles. The second-order valence-corrected chi connectivity index (χ2v) is 37.8. The Morgan fingerprint density at radius 2 is 1.05 bits per heavy atom. The number of carbonyl (C=O) groups is 2. The number of H-pyrrole nitrogens is 2. The molecular formula is C107H90BrCl11FN5O2. The van der Waals surface area contributed by atoms with Gasteiger partial charge in [0.25, 0.3) is 5.91 Å². The van der Waals surface area contributed by atoms with Crippen LogP contribution in [0.5, 0.6) is 0 Å². The van der Waals surface area contributed by atoms with Crippen molar-refractivity contribution >= 4 is 222 Å². The number of nitrogens with zero attached hydrogens (tertiary/aromatic N) is 2. The molecule has 0 unspecified atom stereocenters. The van der Waals surface area contributed by atoms with E-state index >= 15 is 0 Å². The second kappa shape index (κ2) is 41.2. The van der Waals surface area contributed by atoms with Gasteiger partial charge in [-0.3, -0.25) is 14.2 Å². The maximum Gasteiger partial charge on any atom is 0.255 e. The third-order valence-corrected chi connectivity index (χ3v) is 27.4. The number of amides is 1. The molecule has 12 aromatic carbocycles. The van der Waals surface area contributed by atoms with Gasteiger partial charge in [0.15, 0.2) is 0 Å². The standard InChI is InChI=1S/C20H17Cl3N2.C18H15Cl3N2O.C18H14ClF.C17H13BrClNO.C17H15Cl.C16H12Cl2.CH4/c1-10-4-18-11(5-15(10)21)13(8-24-18)20(2,3)14-9-25-19-7-17(23)16(22)6-12(14)19;1-22(2)10-18(24)23-9-14(11-3-5-15(20)16(21)7-11)13-8-12(19)4-6-17(13)23;1-12-3-2-4-14(18(12)19)7-5-13-6-8-15-11-16(20)9-10-17(13)15;1-10-8-13(5-7-16(10)19)20-17(21)14-6-3-11-2-4-12(18)9-15(11)14;1-11-3-6-15-13(9-11)4-7-16(15)14-5-8-17(18)12(2)10-14;1-10-3-2-4-11(7-10)13-6-5-12-8-15(17)16(18)9-14(12)13;/h4-9,24-25H,1-3H3;3-9H,10H2,1-2H3;2-7,9-11H,8H2,1H3;2,4-9H,3H2,1H3,(H,20,21);3,5-10H,4H2,1-2H3;2-4,6-9H,5H2,1H3;1H4/b;;7-5+;;;;. The molecule has 15 aromatic rings. The Morgan fingerprint density at radius 3 is 1.75 bits per heavy atom. The van der Waals surface area contributed by atoms with Crippen molar-refractivity contribution in [3.8, 4) is 11.1 Å². The number of hydrogen-bond donors (Lipinski definition) is 3. The van der Waals surface area contributed by atoms with Gasteiger partial charge in [-0.25, -0.2) is 4.39 Å². The van der Waals surface area contributed by atoms with Crippen LogP contribution in [-0.4, -0.2) is 51.9 Å². The highest BCUT2D eigenvalue weighted by atomic mass is 79.9. The van der Waals surface area contributed by atoms with Gasteiger partial charge in [0, 0.05) is 92.6 Å².